The van der Waals surface area contributed by atoms with Crippen LogP contribution in [0, 0.1) is 6.92 Å². The lowest BCUT2D eigenvalue weighted by molar-refractivity contribution is 0.205. The zero-order chi connectivity index (χ0) is 25.1. The zero-order valence-corrected chi connectivity index (χ0v) is 20.6. The quantitative estimate of drug-likeness (QED) is 0.362. The molecule has 7 heteroatoms. The van der Waals surface area contributed by atoms with Crippen molar-refractivity contribution in [3.8, 4) is 17.1 Å². The first kappa shape index (κ1) is 23.4. The maximum Gasteiger partial charge on any atom is 0.322 e. The molecule has 2 amide bonds. The van der Waals surface area contributed by atoms with Gasteiger partial charge in [0.25, 0.3) is 5.89 Å². The zero-order valence-electron chi connectivity index (χ0n) is 20.6. The number of hydrogen-bond acceptors (Lipinski definition) is 5. The Morgan fingerprint density at radius 2 is 1.78 bits per heavy atom. The standard InChI is InChI=1S/C29H28N4O3/c1-19-8-7-11-23(18-19)27-31-28(36-32-27)25-20(2)33(17-16-21-9-5-4-6-10-21)29(34)30-26(25)22-12-14-24(35-3)15-13-22/h4-15,18,26H,16-17H2,1-3H3,(H,30,34). The van der Waals surface area contributed by atoms with Crippen LogP contribution in [0.25, 0.3) is 17.0 Å². The molecule has 1 aliphatic heterocycles. The van der Waals surface area contributed by atoms with Gasteiger partial charge in [0.15, 0.2) is 0 Å². The van der Waals surface area contributed by atoms with Crippen LogP contribution >= 0.6 is 0 Å². The SMILES string of the molecule is COc1ccc(C2NC(=O)N(CCc3ccccc3)C(C)=C2c2nc(-c3cccc(C)c3)no2)cc1. The molecule has 0 radical (unpaired) electrons. The molecule has 1 N–H and O–H groups in total. The highest BCUT2D eigenvalue weighted by molar-refractivity contribution is 5.87. The molecule has 0 saturated carbocycles. The number of nitrogens with one attached hydrogen (secondary N) is 1. The number of amides is 2. The average molecular weight is 481 g/mol. The lowest BCUT2D eigenvalue weighted by Crippen LogP contribution is -2.46. The van der Waals surface area contributed by atoms with Gasteiger partial charge in [-0.3, -0.25) is 4.90 Å². The smallest absolute Gasteiger partial charge is 0.322 e. The van der Waals surface area contributed by atoms with E-state index in [-0.39, 0.29) is 6.03 Å². The van der Waals surface area contributed by atoms with Crippen molar-refractivity contribution in [3.63, 3.8) is 0 Å². The van der Waals surface area contributed by atoms with E-state index in [4.69, 9.17) is 14.2 Å². The van der Waals surface area contributed by atoms with Crippen LogP contribution < -0.4 is 10.1 Å². The minimum Gasteiger partial charge on any atom is -0.497 e. The molecular weight excluding hydrogens is 452 g/mol. The minimum absolute atomic E-state index is 0.161. The van der Waals surface area contributed by atoms with E-state index in [9.17, 15) is 4.79 Å². The summed E-state index contributed by atoms with van der Waals surface area (Å²) in [6, 6.07) is 25.1. The number of aromatic nitrogens is 2. The van der Waals surface area contributed by atoms with Crippen molar-refractivity contribution < 1.29 is 14.1 Å². The summed E-state index contributed by atoms with van der Waals surface area (Å²) in [6.07, 6.45) is 0.727. The third-order valence-corrected chi connectivity index (χ3v) is 6.45. The molecule has 36 heavy (non-hydrogen) atoms. The van der Waals surface area contributed by atoms with Gasteiger partial charge < -0.3 is 14.6 Å². The van der Waals surface area contributed by atoms with E-state index >= 15 is 0 Å². The summed E-state index contributed by atoms with van der Waals surface area (Å²) >= 11 is 0. The Balaban J connectivity index is 1.54. The van der Waals surface area contributed by atoms with Crippen LogP contribution in [-0.4, -0.2) is 34.7 Å². The number of benzene rings is 3. The molecule has 1 atom stereocenters. The number of ether oxygens (including phenoxy) is 1. The van der Waals surface area contributed by atoms with Crippen LogP contribution in [0.3, 0.4) is 0 Å². The van der Waals surface area contributed by atoms with Crippen LogP contribution in [0.15, 0.2) is 89.1 Å². The molecule has 0 saturated heterocycles. The highest BCUT2D eigenvalue weighted by Crippen LogP contribution is 2.38. The molecule has 4 aromatic rings. The van der Waals surface area contributed by atoms with E-state index in [0.717, 1.165) is 45.7 Å². The number of hydrogen-bond donors (Lipinski definition) is 1. The van der Waals surface area contributed by atoms with Gasteiger partial charge in [-0.25, -0.2) is 4.79 Å². The summed E-state index contributed by atoms with van der Waals surface area (Å²) < 4.78 is 11.1. The minimum atomic E-state index is -0.442. The van der Waals surface area contributed by atoms with Crippen LogP contribution in [0.2, 0.25) is 0 Å². The number of rotatable bonds is 7. The number of urea groups is 1. The predicted octanol–water partition coefficient (Wildman–Crippen LogP) is 5.79. The number of methoxy groups -OCH3 is 1. The summed E-state index contributed by atoms with van der Waals surface area (Å²) in [5.74, 6) is 1.64. The van der Waals surface area contributed by atoms with Crippen molar-refractivity contribution in [2.24, 2.45) is 0 Å². The van der Waals surface area contributed by atoms with E-state index < -0.39 is 6.04 Å². The van der Waals surface area contributed by atoms with E-state index in [1.165, 1.54) is 0 Å². The monoisotopic (exact) mass is 480 g/mol. The van der Waals surface area contributed by atoms with Crippen molar-refractivity contribution >= 4 is 11.6 Å². The maximum absolute atomic E-state index is 13.3. The molecule has 5 rings (SSSR count). The number of allylic oxidation sites excluding steroid dienone is 1. The average Bonchev–Trinajstić information content (AvgIpc) is 3.39. The second kappa shape index (κ2) is 10.1. The van der Waals surface area contributed by atoms with Crippen LogP contribution in [-0.2, 0) is 6.42 Å². The summed E-state index contributed by atoms with van der Waals surface area (Å²) in [5, 5.41) is 7.41. The molecule has 1 aliphatic rings. The highest BCUT2D eigenvalue weighted by atomic mass is 16.5. The van der Waals surface area contributed by atoms with Crippen molar-refractivity contribution in [1.82, 2.24) is 20.4 Å². The first-order valence-corrected chi connectivity index (χ1v) is 11.9. The lowest BCUT2D eigenvalue weighted by Gasteiger charge is -2.35. The normalized spacial score (nSPS) is 15.7. The summed E-state index contributed by atoms with van der Waals surface area (Å²) in [7, 11) is 1.63. The summed E-state index contributed by atoms with van der Waals surface area (Å²) in [4.78, 5) is 19.8. The van der Waals surface area contributed by atoms with E-state index in [0.29, 0.717) is 18.3 Å². The Morgan fingerprint density at radius 3 is 2.50 bits per heavy atom. The first-order valence-electron chi connectivity index (χ1n) is 11.9. The van der Waals surface area contributed by atoms with Crippen molar-refractivity contribution in [3.05, 3.63) is 107 Å². The van der Waals surface area contributed by atoms with Gasteiger partial charge in [0.1, 0.15) is 5.75 Å². The number of carbonyl (C=O) groups is 1. The molecule has 1 unspecified atom stereocenters. The number of carbonyl (C=O) groups excluding carboxylic acids is 1. The van der Waals surface area contributed by atoms with Crippen LogP contribution in [0.5, 0.6) is 5.75 Å². The second-order valence-corrected chi connectivity index (χ2v) is 8.83. The van der Waals surface area contributed by atoms with Gasteiger partial charge in [0.05, 0.1) is 18.7 Å². The number of nitrogens with zero attached hydrogens (tertiary/aromatic N) is 3. The van der Waals surface area contributed by atoms with Gasteiger partial charge in [-0.1, -0.05) is 71.4 Å². The van der Waals surface area contributed by atoms with Gasteiger partial charge in [-0.05, 0) is 49.6 Å². The van der Waals surface area contributed by atoms with Gasteiger partial charge >= 0.3 is 6.03 Å². The molecule has 7 nitrogen and oxygen atoms in total. The van der Waals surface area contributed by atoms with Gasteiger partial charge in [0, 0.05) is 17.8 Å². The first-order chi connectivity index (χ1) is 17.5. The van der Waals surface area contributed by atoms with Crippen LogP contribution in [0.1, 0.15) is 35.5 Å². The molecule has 0 aliphatic carbocycles. The molecule has 3 aromatic carbocycles. The Labute approximate surface area is 210 Å². The van der Waals surface area contributed by atoms with Gasteiger partial charge in [-0.15, -0.1) is 0 Å². The molecular formula is C29H28N4O3. The number of aryl methyl sites for hydroxylation is 1. The third kappa shape index (κ3) is 4.73. The van der Waals surface area contributed by atoms with Gasteiger partial charge in [0.2, 0.25) is 5.82 Å². The Bertz CT molecular complexity index is 1390. The molecule has 1 aromatic heterocycles. The fourth-order valence-corrected chi connectivity index (χ4v) is 4.49. The summed E-state index contributed by atoms with van der Waals surface area (Å²) in [5.41, 5.74) is 5.62. The summed E-state index contributed by atoms with van der Waals surface area (Å²) in [6.45, 7) is 4.49. The largest absolute Gasteiger partial charge is 0.497 e. The van der Waals surface area contributed by atoms with E-state index in [1.54, 1.807) is 12.0 Å². The highest BCUT2D eigenvalue weighted by Gasteiger charge is 2.35. The fraction of sp³-hybridized carbons (Fsp3) is 0.207. The molecule has 0 fully saturated rings. The fourth-order valence-electron chi connectivity index (χ4n) is 4.49. The molecule has 2 heterocycles. The van der Waals surface area contributed by atoms with E-state index in [1.807, 2.05) is 80.6 Å². The molecule has 0 spiro atoms. The Kier molecular flexibility index (Phi) is 6.54. The van der Waals surface area contributed by atoms with Crippen molar-refractivity contribution in [1.29, 1.82) is 0 Å². The Morgan fingerprint density at radius 1 is 1.00 bits per heavy atom. The van der Waals surface area contributed by atoms with Crippen LogP contribution in [0.4, 0.5) is 4.79 Å². The molecule has 182 valence electrons. The molecule has 0 bridgehead atoms. The van der Waals surface area contributed by atoms with Crippen molar-refractivity contribution in [2.45, 2.75) is 26.3 Å². The lowest BCUT2D eigenvalue weighted by atomic mass is 9.94. The Hall–Kier alpha value is -4.39. The van der Waals surface area contributed by atoms with E-state index in [2.05, 4.69) is 22.6 Å². The maximum atomic E-state index is 13.3. The van der Waals surface area contributed by atoms with Crippen molar-refractivity contribution in [2.75, 3.05) is 13.7 Å². The van der Waals surface area contributed by atoms with Gasteiger partial charge in [-0.2, -0.15) is 4.98 Å². The predicted molar refractivity (Wildman–Crippen MR) is 138 cm³/mol. The third-order valence-electron chi connectivity index (χ3n) is 6.45. The second-order valence-electron chi connectivity index (χ2n) is 8.83. The topological polar surface area (TPSA) is 80.5 Å².